The van der Waals surface area contributed by atoms with Crippen molar-refractivity contribution >= 4 is 26.1 Å². The summed E-state index contributed by atoms with van der Waals surface area (Å²) in [4.78, 5) is 10.1. The molecule has 1 unspecified atom stereocenters. The molecule has 0 heterocycles. The first-order valence-electron chi connectivity index (χ1n) is 3.65. The van der Waals surface area contributed by atoms with Gasteiger partial charge in [-0.25, -0.2) is 0 Å². The summed E-state index contributed by atoms with van der Waals surface area (Å²) in [6, 6.07) is -0.690. The molecule has 0 amide bonds. The smallest absolute Gasteiger partial charge is 0.432 e. The lowest BCUT2D eigenvalue weighted by atomic mass is 10.1. The lowest BCUT2D eigenvalue weighted by Crippen LogP contribution is -2.31. The molecule has 0 aliphatic heterocycles. The van der Waals surface area contributed by atoms with Crippen LogP contribution in [0.4, 0.5) is 0 Å². The zero-order chi connectivity index (χ0) is 10.1. The summed E-state index contributed by atoms with van der Waals surface area (Å²) in [6.45, 7) is 3.89. The largest absolute Gasteiger partial charge is 0.480 e. The third-order valence-electron chi connectivity index (χ3n) is 1.04. The van der Waals surface area contributed by atoms with Crippen LogP contribution in [0, 0.1) is 5.92 Å². The van der Waals surface area contributed by atoms with E-state index in [4.69, 9.17) is 20.9 Å². The van der Waals surface area contributed by atoms with Crippen molar-refractivity contribution in [2.24, 2.45) is 11.7 Å². The van der Waals surface area contributed by atoms with Crippen LogP contribution in [-0.4, -0.2) is 34.9 Å². The highest BCUT2D eigenvalue weighted by Crippen LogP contribution is 2.01. The summed E-state index contributed by atoms with van der Waals surface area (Å²) >= 11 is 0. The van der Waals surface area contributed by atoms with E-state index in [1.54, 1.807) is 0 Å². The highest BCUT2D eigenvalue weighted by Gasteiger charge is 2.11. The lowest BCUT2D eigenvalue weighted by molar-refractivity contribution is -0.138. The Morgan fingerprint density at radius 1 is 1.46 bits per heavy atom. The van der Waals surface area contributed by atoms with E-state index in [0.29, 0.717) is 12.3 Å². The molecule has 0 aromatic carbocycles. The minimum Gasteiger partial charge on any atom is -0.480 e. The third-order valence-corrected chi connectivity index (χ3v) is 1.04. The minimum atomic E-state index is -0.913. The molecule has 5 N–H and O–H groups in total. The number of nitrogens with two attached hydrogens (primary N) is 1. The van der Waals surface area contributed by atoms with Gasteiger partial charge in [-0.1, -0.05) is 13.8 Å². The van der Waals surface area contributed by atoms with Gasteiger partial charge in [0.05, 0.1) is 0 Å². The normalized spacial score (nSPS) is 10.6. The maximum absolute atomic E-state index is 10.1. The zero-order valence-electron chi connectivity index (χ0n) is 7.80. The van der Waals surface area contributed by atoms with Crippen molar-refractivity contribution in [2.45, 2.75) is 26.3 Å². The summed E-state index contributed by atoms with van der Waals surface area (Å²) in [5, 5.41) is 22.6. The fourth-order valence-corrected chi connectivity index (χ4v) is 0.609. The Morgan fingerprint density at radius 3 is 1.85 bits per heavy atom. The predicted octanol–water partition coefficient (Wildman–Crippen LogP) is -0.896. The van der Waals surface area contributed by atoms with Crippen LogP contribution in [0.2, 0.25) is 0 Å². The van der Waals surface area contributed by atoms with Gasteiger partial charge >= 0.3 is 13.7 Å². The Balaban J connectivity index is -0.000000220. The van der Waals surface area contributed by atoms with E-state index < -0.39 is 19.7 Å². The first kappa shape index (κ1) is 18.5. The van der Waals surface area contributed by atoms with Gasteiger partial charge in [-0.2, -0.15) is 0 Å². The second-order valence-corrected chi connectivity index (χ2v) is 2.72. The summed E-state index contributed by atoms with van der Waals surface area (Å²) in [6.07, 6.45) is 0.551. The van der Waals surface area contributed by atoms with Crippen molar-refractivity contribution in [2.75, 3.05) is 0 Å². The molecule has 0 spiro atoms. The van der Waals surface area contributed by atoms with Crippen LogP contribution in [0.5, 0.6) is 0 Å². The van der Waals surface area contributed by atoms with Gasteiger partial charge in [-0.15, -0.1) is 12.4 Å². The molecule has 13 heavy (non-hydrogen) atoms. The summed E-state index contributed by atoms with van der Waals surface area (Å²) < 4.78 is 0. The van der Waals surface area contributed by atoms with Crippen molar-refractivity contribution in [3.63, 3.8) is 0 Å². The highest BCUT2D eigenvalue weighted by atomic mass is 35.5. The van der Waals surface area contributed by atoms with Crippen molar-refractivity contribution in [1.29, 1.82) is 0 Å². The molecule has 80 valence electrons. The Morgan fingerprint density at radius 2 is 1.77 bits per heavy atom. The molecular formula is C6H17BClNO4. The van der Waals surface area contributed by atoms with E-state index in [9.17, 15) is 4.79 Å². The molecule has 0 aliphatic rings. The quantitative estimate of drug-likeness (QED) is 0.455. The Bertz CT molecular complexity index is 125. The van der Waals surface area contributed by atoms with E-state index in [1.807, 2.05) is 13.8 Å². The van der Waals surface area contributed by atoms with Crippen molar-refractivity contribution in [1.82, 2.24) is 0 Å². The highest BCUT2D eigenvalue weighted by molar-refractivity contribution is 6.13. The van der Waals surface area contributed by atoms with Crippen LogP contribution >= 0.6 is 12.4 Å². The topological polar surface area (TPSA) is 104 Å². The van der Waals surface area contributed by atoms with Gasteiger partial charge in [-0.05, 0) is 12.3 Å². The second-order valence-electron chi connectivity index (χ2n) is 2.72. The fourth-order valence-electron chi connectivity index (χ4n) is 0.609. The monoisotopic (exact) mass is 213 g/mol. The molecule has 0 saturated carbocycles. The molecular weight excluding hydrogens is 196 g/mol. The van der Waals surface area contributed by atoms with Gasteiger partial charge in [-0.3, -0.25) is 4.79 Å². The molecule has 1 atom stereocenters. The number of carboxylic acid groups (broad SMARTS) is 1. The first-order chi connectivity index (χ1) is 5.45. The molecule has 0 aromatic rings. The number of carbonyl (C=O) groups is 1. The summed E-state index contributed by atoms with van der Waals surface area (Å²) in [5.41, 5.74) is 5.22. The van der Waals surface area contributed by atoms with Crippen LogP contribution < -0.4 is 5.73 Å². The van der Waals surface area contributed by atoms with Crippen LogP contribution in [0.1, 0.15) is 20.3 Å². The minimum absolute atomic E-state index is 0. The Hall–Kier alpha value is -0.295. The molecule has 0 radical (unpaired) electrons. The average molecular weight is 213 g/mol. The molecule has 5 nitrogen and oxygen atoms in total. The van der Waals surface area contributed by atoms with E-state index in [2.05, 4.69) is 0 Å². The van der Waals surface area contributed by atoms with Crippen LogP contribution in [-0.2, 0) is 4.79 Å². The standard InChI is InChI=1S/C6H13NO2.BH3O2.ClH/c1-4(2)3-5(7)6(8)9;2-1-3;/h4-5H,3,7H2,1-2H3,(H,8,9);1-3H;1H. The van der Waals surface area contributed by atoms with Gasteiger partial charge in [0.15, 0.2) is 0 Å². The Kier molecular flexibility index (Phi) is 16.6. The molecule has 0 saturated heterocycles. The zero-order valence-corrected chi connectivity index (χ0v) is 8.62. The third kappa shape index (κ3) is 18.6. The lowest BCUT2D eigenvalue weighted by Gasteiger charge is -2.07. The van der Waals surface area contributed by atoms with E-state index in [-0.39, 0.29) is 12.4 Å². The van der Waals surface area contributed by atoms with Crippen LogP contribution in [0.25, 0.3) is 0 Å². The molecule has 0 bridgehead atoms. The van der Waals surface area contributed by atoms with Gasteiger partial charge in [0.1, 0.15) is 6.04 Å². The number of halogens is 1. The average Bonchev–Trinajstić information content (AvgIpc) is 1.87. The first-order valence-corrected chi connectivity index (χ1v) is 3.65. The van der Waals surface area contributed by atoms with Crippen molar-refractivity contribution in [3.05, 3.63) is 0 Å². The molecule has 7 heteroatoms. The number of hydrogen-bond acceptors (Lipinski definition) is 4. The van der Waals surface area contributed by atoms with E-state index in [0.717, 1.165) is 0 Å². The predicted molar refractivity (Wildman–Crippen MR) is 53.9 cm³/mol. The number of carboxylic acids is 1. The second kappa shape index (κ2) is 11.7. The summed E-state index contributed by atoms with van der Waals surface area (Å²) in [7, 11) is -0.750. The molecule has 0 rings (SSSR count). The van der Waals surface area contributed by atoms with Gasteiger partial charge in [0.2, 0.25) is 0 Å². The van der Waals surface area contributed by atoms with E-state index in [1.165, 1.54) is 0 Å². The number of aliphatic carboxylic acids is 1. The van der Waals surface area contributed by atoms with Crippen LogP contribution in [0.3, 0.4) is 0 Å². The van der Waals surface area contributed by atoms with Crippen molar-refractivity contribution < 1.29 is 19.9 Å². The maximum atomic E-state index is 10.1. The maximum Gasteiger partial charge on any atom is 0.432 e. The van der Waals surface area contributed by atoms with Crippen molar-refractivity contribution in [3.8, 4) is 0 Å². The number of rotatable bonds is 3. The SMILES string of the molecule is CC(C)CC(N)C(=O)O.Cl.OBO. The van der Waals surface area contributed by atoms with Gasteiger partial charge < -0.3 is 20.9 Å². The van der Waals surface area contributed by atoms with Crippen LogP contribution in [0.15, 0.2) is 0 Å². The summed E-state index contributed by atoms with van der Waals surface area (Å²) in [5.74, 6) is -0.556. The molecule has 0 fully saturated rings. The Labute approximate surface area is 84.7 Å². The number of hydrogen-bond donors (Lipinski definition) is 4. The molecule has 0 aromatic heterocycles. The van der Waals surface area contributed by atoms with E-state index >= 15 is 0 Å². The fraction of sp³-hybridized carbons (Fsp3) is 0.833. The van der Waals surface area contributed by atoms with Gasteiger partial charge in [0, 0.05) is 0 Å². The molecule has 0 aliphatic carbocycles. The van der Waals surface area contributed by atoms with Gasteiger partial charge in [0.25, 0.3) is 0 Å².